The molecule has 10 heteroatoms. The third-order valence-corrected chi connectivity index (χ3v) is 4.74. The molecule has 1 saturated heterocycles. The van der Waals surface area contributed by atoms with Crippen LogP contribution in [0.25, 0.3) is 6.08 Å². The Hall–Kier alpha value is -3.45. The lowest BCUT2D eigenvalue weighted by molar-refractivity contribution is -0.137. The fraction of sp³-hybridized carbons (Fsp3) is 0.150. The van der Waals surface area contributed by atoms with Crippen molar-refractivity contribution in [2.75, 3.05) is 13.7 Å². The Morgan fingerprint density at radius 1 is 1.23 bits per heavy atom. The quantitative estimate of drug-likeness (QED) is 0.702. The third kappa shape index (κ3) is 5.12. The van der Waals surface area contributed by atoms with Gasteiger partial charge in [-0.15, -0.1) is 0 Å². The van der Waals surface area contributed by atoms with Gasteiger partial charge in [-0.05, 0) is 53.7 Å². The predicted molar refractivity (Wildman–Crippen MR) is 106 cm³/mol. The number of ether oxygens (including phenoxy) is 2. The Morgan fingerprint density at radius 2 is 2.03 bits per heavy atom. The second-order valence-corrected chi connectivity index (χ2v) is 6.92. The lowest BCUT2D eigenvalue weighted by Crippen LogP contribution is -2.19. The van der Waals surface area contributed by atoms with Crippen LogP contribution in [0, 0.1) is 11.3 Å². The van der Waals surface area contributed by atoms with Gasteiger partial charge in [0, 0.05) is 0 Å². The maximum atomic E-state index is 12.8. The first-order chi connectivity index (χ1) is 14.3. The normalized spacial score (nSPS) is 16.4. The number of hydrogen-bond acceptors (Lipinski definition) is 6. The van der Waals surface area contributed by atoms with Crippen LogP contribution >= 0.6 is 11.8 Å². The molecule has 1 amide bonds. The van der Waals surface area contributed by atoms with E-state index in [0.717, 1.165) is 23.9 Å². The van der Waals surface area contributed by atoms with Gasteiger partial charge in [-0.25, -0.2) is 4.99 Å². The molecular formula is C20H14F3N3O3S. The molecule has 0 spiro atoms. The van der Waals surface area contributed by atoms with Crippen molar-refractivity contribution in [3.63, 3.8) is 0 Å². The number of carbonyl (C=O) groups excluding carboxylic acids is 1. The number of carbonyl (C=O) groups is 1. The molecule has 6 nitrogen and oxygen atoms in total. The maximum absolute atomic E-state index is 12.8. The molecule has 1 heterocycles. The summed E-state index contributed by atoms with van der Waals surface area (Å²) in [4.78, 5) is 16.6. The van der Waals surface area contributed by atoms with Gasteiger partial charge in [-0.1, -0.05) is 12.1 Å². The van der Waals surface area contributed by atoms with Gasteiger partial charge in [0.05, 0.1) is 23.3 Å². The largest absolute Gasteiger partial charge is 0.493 e. The summed E-state index contributed by atoms with van der Waals surface area (Å²) >= 11 is 1.01. The highest BCUT2D eigenvalue weighted by molar-refractivity contribution is 8.18. The molecular weight excluding hydrogens is 419 g/mol. The monoisotopic (exact) mass is 433 g/mol. The Morgan fingerprint density at radius 3 is 2.73 bits per heavy atom. The smallest absolute Gasteiger partial charge is 0.416 e. The van der Waals surface area contributed by atoms with Crippen LogP contribution in [0.4, 0.5) is 18.9 Å². The van der Waals surface area contributed by atoms with E-state index in [-0.39, 0.29) is 17.5 Å². The van der Waals surface area contributed by atoms with Gasteiger partial charge in [-0.2, -0.15) is 18.4 Å². The molecule has 1 aliphatic heterocycles. The molecule has 0 aromatic heterocycles. The molecule has 1 N–H and O–H groups in total. The van der Waals surface area contributed by atoms with Crippen molar-refractivity contribution in [1.82, 2.24) is 5.32 Å². The Labute approximate surface area is 174 Å². The van der Waals surface area contributed by atoms with Gasteiger partial charge in [0.1, 0.15) is 6.07 Å². The van der Waals surface area contributed by atoms with Crippen LogP contribution < -0.4 is 14.8 Å². The molecule has 0 saturated carbocycles. The number of nitrogens with one attached hydrogen (secondary N) is 1. The summed E-state index contributed by atoms with van der Waals surface area (Å²) in [6, 6.07) is 11.3. The summed E-state index contributed by atoms with van der Waals surface area (Å²) in [6.07, 6.45) is -2.89. The van der Waals surface area contributed by atoms with Crippen molar-refractivity contribution in [2.24, 2.45) is 4.99 Å². The van der Waals surface area contributed by atoms with E-state index in [1.807, 2.05) is 6.07 Å². The van der Waals surface area contributed by atoms with Crippen molar-refractivity contribution in [3.8, 4) is 17.6 Å². The minimum absolute atomic E-state index is 0.0783. The lowest BCUT2D eigenvalue weighted by atomic mass is 10.2. The number of hydrogen-bond donors (Lipinski definition) is 1. The van der Waals surface area contributed by atoms with Gasteiger partial charge in [0.2, 0.25) is 0 Å². The number of aliphatic imine (C=N–C) groups is 1. The molecule has 2 aromatic carbocycles. The lowest BCUT2D eigenvalue weighted by Gasteiger charge is -2.09. The number of nitrogens with zero attached hydrogens (tertiary/aromatic N) is 2. The van der Waals surface area contributed by atoms with Crippen molar-refractivity contribution >= 4 is 34.6 Å². The number of alkyl halides is 3. The SMILES string of the molecule is COc1cc(C=C2SC(=Nc3cccc(C(F)(F)F)c3)NC2=O)ccc1OCC#N. The molecule has 154 valence electrons. The highest BCUT2D eigenvalue weighted by Gasteiger charge is 2.30. The van der Waals surface area contributed by atoms with Crippen LogP contribution in [-0.2, 0) is 11.0 Å². The third-order valence-electron chi connectivity index (χ3n) is 3.83. The summed E-state index contributed by atoms with van der Waals surface area (Å²) < 4.78 is 49.0. The predicted octanol–water partition coefficient (Wildman–Crippen LogP) is 4.51. The van der Waals surface area contributed by atoms with Gasteiger partial charge < -0.3 is 14.8 Å². The second-order valence-electron chi connectivity index (χ2n) is 5.89. The summed E-state index contributed by atoms with van der Waals surface area (Å²) in [6.45, 7) is -0.135. The summed E-state index contributed by atoms with van der Waals surface area (Å²) in [5.41, 5.74) is -0.107. The minimum atomic E-state index is -4.48. The summed E-state index contributed by atoms with van der Waals surface area (Å²) in [5, 5.41) is 11.3. The molecule has 0 atom stereocenters. The van der Waals surface area contributed by atoms with E-state index in [0.29, 0.717) is 22.0 Å². The van der Waals surface area contributed by atoms with E-state index in [1.165, 1.54) is 19.2 Å². The summed E-state index contributed by atoms with van der Waals surface area (Å²) in [5.74, 6) is 0.354. The average Bonchev–Trinajstić information content (AvgIpc) is 3.05. The molecule has 0 bridgehead atoms. The fourth-order valence-electron chi connectivity index (χ4n) is 2.50. The van der Waals surface area contributed by atoms with Crippen molar-refractivity contribution < 1.29 is 27.4 Å². The van der Waals surface area contributed by atoms with Gasteiger partial charge in [0.15, 0.2) is 23.3 Å². The van der Waals surface area contributed by atoms with Crippen LogP contribution in [0.15, 0.2) is 52.4 Å². The second kappa shape index (κ2) is 8.92. The molecule has 2 aromatic rings. The molecule has 30 heavy (non-hydrogen) atoms. The Kier molecular flexibility index (Phi) is 6.32. The first kappa shape index (κ1) is 21.3. The van der Waals surface area contributed by atoms with Crippen LogP contribution in [-0.4, -0.2) is 24.8 Å². The zero-order valence-electron chi connectivity index (χ0n) is 15.5. The average molecular weight is 433 g/mol. The molecule has 1 aliphatic rings. The highest BCUT2D eigenvalue weighted by atomic mass is 32.2. The van der Waals surface area contributed by atoms with Gasteiger partial charge >= 0.3 is 6.18 Å². The topological polar surface area (TPSA) is 83.7 Å². The Balaban J connectivity index is 1.81. The first-order valence-electron chi connectivity index (χ1n) is 8.45. The van der Waals surface area contributed by atoms with E-state index < -0.39 is 17.6 Å². The van der Waals surface area contributed by atoms with E-state index in [2.05, 4.69) is 10.3 Å². The van der Waals surface area contributed by atoms with Crippen LogP contribution in [0.1, 0.15) is 11.1 Å². The van der Waals surface area contributed by atoms with Gasteiger partial charge in [0.25, 0.3) is 5.91 Å². The van der Waals surface area contributed by atoms with Crippen LogP contribution in [0.2, 0.25) is 0 Å². The van der Waals surface area contributed by atoms with Crippen molar-refractivity contribution in [2.45, 2.75) is 6.18 Å². The van der Waals surface area contributed by atoms with Crippen molar-refractivity contribution in [3.05, 3.63) is 58.5 Å². The zero-order valence-corrected chi connectivity index (χ0v) is 16.3. The maximum Gasteiger partial charge on any atom is 0.416 e. The number of rotatable bonds is 5. The Bertz CT molecular complexity index is 1070. The van der Waals surface area contributed by atoms with E-state index in [9.17, 15) is 18.0 Å². The van der Waals surface area contributed by atoms with Crippen LogP contribution in [0.3, 0.4) is 0 Å². The molecule has 1 fully saturated rings. The molecule has 0 unspecified atom stereocenters. The van der Waals surface area contributed by atoms with E-state index in [4.69, 9.17) is 14.7 Å². The molecule has 0 radical (unpaired) electrons. The number of thioether (sulfide) groups is 1. The van der Waals surface area contributed by atoms with E-state index in [1.54, 1.807) is 24.3 Å². The minimum Gasteiger partial charge on any atom is -0.493 e. The van der Waals surface area contributed by atoms with Crippen LogP contribution in [0.5, 0.6) is 11.5 Å². The number of nitriles is 1. The first-order valence-corrected chi connectivity index (χ1v) is 9.26. The van der Waals surface area contributed by atoms with Crippen molar-refractivity contribution in [1.29, 1.82) is 5.26 Å². The highest BCUT2D eigenvalue weighted by Crippen LogP contribution is 2.34. The fourth-order valence-corrected chi connectivity index (χ4v) is 3.35. The number of halogens is 3. The molecule has 0 aliphatic carbocycles. The molecule has 3 rings (SSSR count). The number of amides is 1. The zero-order chi connectivity index (χ0) is 21.7. The summed E-state index contributed by atoms with van der Waals surface area (Å²) in [7, 11) is 1.45. The number of benzene rings is 2. The number of amidine groups is 1. The van der Waals surface area contributed by atoms with E-state index >= 15 is 0 Å². The standard InChI is InChI=1S/C20H14F3N3O3S/c1-28-16-9-12(5-6-15(16)29-8-7-24)10-17-18(27)26-19(30-17)25-14-4-2-3-13(11-14)20(21,22)23/h2-6,9-11H,8H2,1H3,(H,25,26,27). The van der Waals surface area contributed by atoms with Gasteiger partial charge in [-0.3, -0.25) is 4.79 Å². The number of methoxy groups -OCH3 is 1.